The Morgan fingerprint density at radius 1 is 1.44 bits per heavy atom. The van der Waals surface area contributed by atoms with Gasteiger partial charge in [0, 0.05) is 25.8 Å². The van der Waals surface area contributed by atoms with Crippen LogP contribution in [-0.2, 0) is 9.47 Å². The van der Waals surface area contributed by atoms with Gasteiger partial charge in [0.25, 0.3) is 0 Å². The quantitative estimate of drug-likeness (QED) is 0.340. The van der Waals surface area contributed by atoms with Crippen molar-refractivity contribution in [3.63, 3.8) is 0 Å². The lowest BCUT2D eigenvalue weighted by molar-refractivity contribution is 0.0469. The minimum Gasteiger partial charge on any atom is -0.508 e. The van der Waals surface area contributed by atoms with Gasteiger partial charge in [0.05, 0.1) is 12.2 Å². The zero-order valence-electron chi connectivity index (χ0n) is 9.10. The molecule has 0 unspecified atom stereocenters. The third kappa shape index (κ3) is 3.43. The van der Waals surface area contributed by atoms with Crippen molar-refractivity contribution in [2.75, 3.05) is 26.1 Å². The fourth-order valence-corrected chi connectivity index (χ4v) is 1.17. The highest BCUT2D eigenvalue weighted by Crippen LogP contribution is 2.19. The molecule has 0 spiro atoms. The number of nitrogen functional groups attached to an aromatic ring is 1. The summed E-state index contributed by atoms with van der Waals surface area (Å²) < 4.78 is 9.77. The Morgan fingerprint density at radius 3 is 2.88 bits per heavy atom. The Hall–Kier alpha value is -1.75. The van der Waals surface area contributed by atoms with Crippen LogP contribution in [0.15, 0.2) is 18.2 Å². The molecular weight excluding hydrogens is 210 g/mol. The van der Waals surface area contributed by atoms with E-state index in [-0.39, 0.29) is 23.6 Å². The number of nitrogens with two attached hydrogens (primary N) is 1. The topological polar surface area (TPSA) is 81.8 Å². The number of hydrogen-bond acceptors (Lipinski definition) is 5. The Morgan fingerprint density at radius 2 is 2.19 bits per heavy atom. The molecule has 0 saturated heterocycles. The zero-order chi connectivity index (χ0) is 12.0. The van der Waals surface area contributed by atoms with Crippen molar-refractivity contribution in [1.29, 1.82) is 0 Å². The number of carbonyl (C=O) groups is 1. The van der Waals surface area contributed by atoms with Crippen LogP contribution in [-0.4, -0.2) is 31.4 Å². The van der Waals surface area contributed by atoms with Crippen LogP contribution in [0.1, 0.15) is 16.8 Å². The van der Waals surface area contributed by atoms with Crippen molar-refractivity contribution in [1.82, 2.24) is 0 Å². The molecule has 0 fully saturated rings. The third-order valence-corrected chi connectivity index (χ3v) is 1.98. The predicted octanol–water partition coefficient (Wildman–Crippen LogP) is 1.17. The first kappa shape index (κ1) is 12.3. The second-order valence-electron chi connectivity index (χ2n) is 3.25. The summed E-state index contributed by atoms with van der Waals surface area (Å²) in [6, 6.07) is 4.16. The lowest BCUT2D eigenvalue weighted by Crippen LogP contribution is -2.10. The summed E-state index contributed by atoms with van der Waals surface area (Å²) in [6.45, 7) is 0.796. The molecule has 0 radical (unpaired) electrons. The molecule has 0 atom stereocenters. The van der Waals surface area contributed by atoms with Gasteiger partial charge in [0.1, 0.15) is 5.75 Å². The molecule has 5 heteroatoms. The third-order valence-electron chi connectivity index (χ3n) is 1.98. The van der Waals surface area contributed by atoms with Crippen molar-refractivity contribution in [3.05, 3.63) is 23.8 Å². The average molecular weight is 225 g/mol. The van der Waals surface area contributed by atoms with Crippen molar-refractivity contribution in [2.45, 2.75) is 6.42 Å². The lowest BCUT2D eigenvalue weighted by Gasteiger charge is -2.07. The molecule has 5 nitrogen and oxygen atoms in total. The molecule has 3 N–H and O–H groups in total. The predicted molar refractivity (Wildman–Crippen MR) is 59.3 cm³/mol. The Bertz CT molecular complexity index is 365. The van der Waals surface area contributed by atoms with E-state index in [1.54, 1.807) is 7.11 Å². The number of phenolic OH excluding ortho intramolecular Hbond substituents is 1. The Balaban J connectivity index is 2.55. The fraction of sp³-hybridized carbons (Fsp3) is 0.364. The number of hydrogen-bond donors (Lipinski definition) is 2. The van der Waals surface area contributed by atoms with Crippen LogP contribution < -0.4 is 5.73 Å². The summed E-state index contributed by atoms with van der Waals surface area (Å²) in [6.07, 6.45) is 0.626. The molecule has 0 bridgehead atoms. The Kier molecular flexibility index (Phi) is 4.60. The normalized spacial score (nSPS) is 10.1. The van der Waals surface area contributed by atoms with Gasteiger partial charge < -0.3 is 20.3 Å². The molecule has 0 aromatic heterocycles. The van der Waals surface area contributed by atoms with Crippen LogP contribution in [0.2, 0.25) is 0 Å². The van der Waals surface area contributed by atoms with Gasteiger partial charge >= 0.3 is 5.97 Å². The number of anilines is 1. The van der Waals surface area contributed by atoms with Gasteiger partial charge in [-0.1, -0.05) is 0 Å². The molecule has 1 aromatic rings. The van der Waals surface area contributed by atoms with Gasteiger partial charge in [-0.3, -0.25) is 0 Å². The second kappa shape index (κ2) is 5.97. The molecule has 0 aliphatic rings. The van der Waals surface area contributed by atoms with Crippen LogP contribution in [0.3, 0.4) is 0 Å². The maximum atomic E-state index is 11.5. The molecular formula is C11H15NO4. The minimum absolute atomic E-state index is 0.0157. The number of carbonyl (C=O) groups excluding carboxylic acids is 1. The summed E-state index contributed by atoms with van der Waals surface area (Å²) in [5.74, 6) is -0.553. The highest BCUT2D eigenvalue weighted by molar-refractivity contribution is 5.95. The van der Waals surface area contributed by atoms with Gasteiger partial charge in [-0.05, 0) is 18.2 Å². The first-order valence-corrected chi connectivity index (χ1v) is 4.89. The highest BCUT2D eigenvalue weighted by atomic mass is 16.5. The summed E-state index contributed by atoms with van der Waals surface area (Å²) in [5, 5.41) is 9.21. The monoisotopic (exact) mass is 225 g/mol. The molecule has 0 aliphatic heterocycles. The number of methoxy groups -OCH3 is 1. The van der Waals surface area contributed by atoms with Gasteiger partial charge in [-0.25, -0.2) is 4.79 Å². The summed E-state index contributed by atoms with van der Waals surface area (Å²) >= 11 is 0. The molecule has 0 saturated carbocycles. The lowest BCUT2D eigenvalue weighted by atomic mass is 10.2. The van der Waals surface area contributed by atoms with E-state index in [0.29, 0.717) is 13.0 Å². The van der Waals surface area contributed by atoms with Crippen LogP contribution in [0.5, 0.6) is 5.75 Å². The number of benzene rings is 1. The maximum Gasteiger partial charge on any atom is 0.340 e. The number of aromatic hydroxyl groups is 1. The van der Waals surface area contributed by atoms with E-state index in [9.17, 15) is 9.90 Å². The van der Waals surface area contributed by atoms with Crippen molar-refractivity contribution >= 4 is 11.7 Å². The summed E-state index contributed by atoms with van der Waals surface area (Å²) in [4.78, 5) is 11.5. The molecule has 1 aromatic carbocycles. The van der Waals surface area contributed by atoms with E-state index in [1.807, 2.05) is 0 Å². The van der Waals surface area contributed by atoms with Gasteiger partial charge in [0.15, 0.2) is 0 Å². The van der Waals surface area contributed by atoms with Crippen molar-refractivity contribution < 1.29 is 19.4 Å². The Labute approximate surface area is 93.8 Å². The fourth-order valence-electron chi connectivity index (χ4n) is 1.17. The van der Waals surface area contributed by atoms with E-state index < -0.39 is 5.97 Å². The molecule has 1 rings (SSSR count). The maximum absolute atomic E-state index is 11.5. The minimum atomic E-state index is -0.537. The van der Waals surface area contributed by atoms with E-state index in [2.05, 4.69) is 0 Å². The number of esters is 1. The standard InChI is InChI=1S/C11H15NO4/c1-15-5-2-6-16-11(14)9-7-8(13)3-4-10(9)12/h3-4,7,13H,2,5-6,12H2,1H3. The van der Waals surface area contributed by atoms with Crippen LogP contribution >= 0.6 is 0 Å². The van der Waals surface area contributed by atoms with E-state index >= 15 is 0 Å². The van der Waals surface area contributed by atoms with Crippen LogP contribution in [0.4, 0.5) is 5.69 Å². The summed E-state index contributed by atoms with van der Waals surface area (Å²) in [5.41, 5.74) is 6.05. The molecule has 16 heavy (non-hydrogen) atoms. The van der Waals surface area contributed by atoms with Crippen molar-refractivity contribution in [2.24, 2.45) is 0 Å². The average Bonchev–Trinajstić information content (AvgIpc) is 2.27. The van der Waals surface area contributed by atoms with Gasteiger partial charge in [-0.2, -0.15) is 0 Å². The number of phenols is 1. The summed E-state index contributed by atoms with van der Waals surface area (Å²) in [7, 11) is 1.58. The van der Waals surface area contributed by atoms with Gasteiger partial charge in [0.2, 0.25) is 0 Å². The molecule has 0 amide bonds. The smallest absolute Gasteiger partial charge is 0.340 e. The number of rotatable bonds is 5. The highest BCUT2D eigenvalue weighted by Gasteiger charge is 2.11. The molecule has 88 valence electrons. The zero-order valence-corrected chi connectivity index (χ0v) is 9.10. The first-order chi connectivity index (χ1) is 7.65. The largest absolute Gasteiger partial charge is 0.508 e. The molecule has 0 aliphatic carbocycles. The van der Waals surface area contributed by atoms with E-state index in [1.165, 1.54) is 18.2 Å². The number of ether oxygens (including phenoxy) is 2. The van der Waals surface area contributed by atoms with Crippen LogP contribution in [0.25, 0.3) is 0 Å². The molecule has 0 heterocycles. The van der Waals surface area contributed by atoms with Crippen molar-refractivity contribution in [3.8, 4) is 5.75 Å². The SMILES string of the molecule is COCCCOC(=O)c1cc(O)ccc1N. The van der Waals surface area contributed by atoms with E-state index in [4.69, 9.17) is 15.2 Å². The first-order valence-electron chi connectivity index (χ1n) is 4.89. The van der Waals surface area contributed by atoms with Gasteiger partial charge in [-0.15, -0.1) is 0 Å². The van der Waals surface area contributed by atoms with E-state index in [0.717, 1.165) is 0 Å². The van der Waals surface area contributed by atoms with Crippen LogP contribution in [0, 0.1) is 0 Å². The second-order valence-corrected chi connectivity index (χ2v) is 3.25.